The summed E-state index contributed by atoms with van der Waals surface area (Å²) < 4.78 is 12.3. The molecule has 3 atom stereocenters. The van der Waals surface area contributed by atoms with Crippen molar-refractivity contribution in [3.63, 3.8) is 0 Å². The van der Waals surface area contributed by atoms with E-state index in [1.807, 2.05) is 30.6 Å². The number of rotatable bonds is 5. The maximum atomic E-state index is 6.39. The van der Waals surface area contributed by atoms with E-state index in [9.17, 15) is 0 Å². The van der Waals surface area contributed by atoms with Crippen LogP contribution in [0.2, 0.25) is 0 Å². The molecule has 5 heteroatoms. The van der Waals surface area contributed by atoms with Gasteiger partial charge in [0.25, 0.3) is 0 Å². The molecule has 0 aromatic carbocycles. The summed E-state index contributed by atoms with van der Waals surface area (Å²) >= 11 is 0. The molecule has 2 aromatic heterocycles. The van der Waals surface area contributed by atoms with E-state index < -0.39 is 0 Å². The minimum atomic E-state index is -0.213. The third-order valence-corrected chi connectivity index (χ3v) is 5.19. The molecule has 0 unspecified atom stereocenters. The van der Waals surface area contributed by atoms with E-state index in [0.717, 1.165) is 38.2 Å². The average Bonchev–Trinajstić information content (AvgIpc) is 2.98. The van der Waals surface area contributed by atoms with Gasteiger partial charge in [-0.05, 0) is 43.5 Å². The molecule has 0 aliphatic carbocycles. The molecule has 132 valence electrons. The van der Waals surface area contributed by atoms with E-state index in [1.165, 1.54) is 5.56 Å². The molecule has 2 fully saturated rings. The molecule has 0 bridgehead atoms. The zero-order valence-corrected chi connectivity index (χ0v) is 14.7. The first-order valence-corrected chi connectivity index (χ1v) is 9.02. The molecule has 0 saturated carbocycles. The number of ether oxygens (including phenoxy) is 2. The third kappa shape index (κ3) is 3.99. The fourth-order valence-electron chi connectivity index (χ4n) is 4.06. The van der Waals surface area contributed by atoms with Crippen LogP contribution in [0.25, 0.3) is 0 Å². The van der Waals surface area contributed by atoms with Gasteiger partial charge in [-0.25, -0.2) is 0 Å². The van der Waals surface area contributed by atoms with Crippen LogP contribution in [0.4, 0.5) is 0 Å². The van der Waals surface area contributed by atoms with E-state index in [-0.39, 0.29) is 5.60 Å². The molecule has 0 spiro atoms. The van der Waals surface area contributed by atoms with Crippen LogP contribution >= 0.6 is 0 Å². The van der Waals surface area contributed by atoms with Gasteiger partial charge in [-0.15, -0.1) is 0 Å². The van der Waals surface area contributed by atoms with Crippen LogP contribution in [-0.2, 0) is 11.3 Å². The van der Waals surface area contributed by atoms with E-state index in [0.29, 0.717) is 18.6 Å². The molecule has 25 heavy (non-hydrogen) atoms. The maximum absolute atomic E-state index is 6.39. The maximum Gasteiger partial charge on any atom is 0.137 e. The number of hydrogen-bond acceptors (Lipinski definition) is 5. The van der Waals surface area contributed by atoms with Gasteiger partial charge in [0.05, 0.1) is 12.3 Å². The zero-order chi connectivity index (χ0) is 17.1. The average molecular weight is 339 g/mol. The molecule has 0 amide bonds. The van der Waals surface area contributed by atoms with Crippen molar-refractivity contribution in [2.24, 2.45) is 5.92 Å². The zero-order valence-electron chi connectivity index (χ0n) is 14.7. The molecule has 2 aliphatic rings. The molecule has 4 heterocycles. The van der Waals surface area contributed by atoms with Crippen LogP contribution in [0.3, 0.4) is 0 Å². The second kappa shape index (κ2) is 7.10. The highest BCUT2D eigenvalue weighted by molar-refractivity contribution is 5.16. The Balaban J connectivity index is 1.33. The SMILES string of the molecule is C[C@]1(COc2cccnc2)C[C@@H]2CN(Cc3cccnc3)CC[C@@H]2O1. The van der Waals surface area contributed by atoms with Crippen molar-refractivity contribution >= 4 is 0 Å². The van der Waals surface area contributed by atoms with E-state index in [1.54, 1.807) is 12.4 Å². The van der Waals surface area contributed by atoms with Crippen LogP contribution in [0, 0.1) is 5.92 Å². The summed E-state index contributed by atoms with van der Waals surface area (Å²) in [5, 5.41) is 0. The summed E-state index contributed by atoms with van der Waals surface area (Å²) in [7, 11) is 0. The Morgan fingerprint density at radius 1 is 1.24 bits per heavy atom. The van der Waals surface area contributed by atoms with Crippen molar-refractivity contribution in [3.8, 4) is 5.75 Å². The van der Waals surface area contributed by atoms with Crippen molar-refractivity contribution in [1.82, 2.24) is 14.9 Å². The van der Waals surface area contributed by atoms with E-state index >= 15 is 0 Å². The van der Waals surface area contributed by atoms with Gasteiger partial charge in [0, 0.05) is 44.1 Å². The summed E-state index contributed by atoms with van der Waals surface area (Å²) in [5.74, 6) is 1.38. The number of pyridine rings is 2. The lowest BCUT2D eigenvalue weighted by molar-refractivity contribution is -0.0698. The van der Waals surface area contributed by atoms with Crippen molar-refractivity contribution in [3.05, 3.63) is 54.6 Å². The van der Waals surface area contributed by atoms with Gasteiger partial charge in [0.2, 0.25) is 0 Å². The molecule has 2 aromatic rings. The van der Waals surface area contributed by atoms with Crippen molar-refractivity contribution in [2.45, 2.75) is 38.0 Å². The van der Waals surface area contributed by atoms with Crippen LogP contribution in [0.15, 0.2) is 49.1 Å². The number of piperidine rings is 1. The topological polar surface area (TPSA) is 47.5 Å². The minimum absolute atomic E-state index is 0.213. The Kier molecular flexibility index (Phi) is 4.68. The van der Waals surface area contributed by atoms with E-state index in [2.05, 4.69) is 27.9 Å². The quantitative estimate of drug-likeness (QED) is 0.838. The summed E-state index contributed by atoms with van der Waals surface area (Å²) in [5.41, 5.74) is 1.07. The smallest absolute Gasteiger partial charge is 0.137 e. The van der Waals surface area contributed by atoms with Crippen molar-refractivity contribution in [2.75, 3.05) is 19.7 Å². The summed E-state index contributed by atoms with van der Waals surface area (Å²) in [6.07, 6.45) is 9.78. The lowest BCUT2D eigenvalue weighted by atomic mass is 9.89. The molecule has 5 nitrogen and oxygen atoms in total. The Hall–Kier alpha value is -1.98. The van der Waals surface area contributed by atoms with Crippen LogP contribution in [0.5, 0.6) is 5.75 Å². The normalized spacial score (nSPS) is 29.3. The van der Waals surface area contributed by atoms with Gasteiger partial charge < -0.3 is 9.47 Å². The third-order valence-electron chi connectivity index (χ3n) is 5.19. The lowest BCUT2D eigenvalue weighted by Crippen LogP contribution is -2.40. The van der Waals surface area contributed by atoms with Crippen LogP contribution in [0.1, 0.15) is 25.3 Å². The van der Waals surface area contributed by atoms with Gasteiger partial charge in [-0.1, -0.05) is 6.07 Å². The first-order valence-electron chi connectivity index (χ1n) is 9.02. The Bertz CT molecular complexity index is 682. The number of fused-ring (bicyclic) bond motifs is 1. The van der Waals surface area contributed by atoms with Gasteiger partial charge in [0.1, 0.15) is 18.0 Å². The van der Waals surface area contributed by atoms with E-state index in [4.69, 9.17) is 9.47 Å². The molecular formula is C20H25N3O2. The lowest BCUT2D eigenvalue weighted by Gasteiger charge is -2.34. The summed E-state index contributed by atoms with van der Waals surface area (Å²) in [4.78, 5) is 10.8. The fraction of sp³-hybridized carbons (Fsp3) is 0.500. The molecule has 4 rings (SSSR count). The fourth-order valence-corrected chi connectivity index (χ4v) is 4.06. The number of nitrogens with zero attached hydrogens (tertiary/aromatic N) is 3. The second-order valence-electron chi connectivity index (χ2n) is 7.43. The van der Waals surface area contributed by atoms with Gasteiger partial charge in [-0.2, -0.15) is 0 Å². The number of likely N-dealkylation sites (tertiary alicyclic amines) is 1. The first kappa shape index (κ1) is 16.5. The summed E-state index contributed by atoms with van der Waals surface area (Å²) in [6.45, 7) is 5.89. The standard InChI is InChI=1S/C20H25N3O2/c1-20(15-24-18-5-3-8-22-12-18)10-17-14-23(9-6-19(17)25-20)13-16-4-2-7-21-11-16/h2-5,7-8,11-12,17,19H,6,9-10,13-15H2,1H3/t17-,19+,20-/m1/s1. The molecule has 2 aliphatic heterocycles. The van der Waals surface area contributed by atoms with Crippen LogP contribution in [-0.4, -0.2) is 46.3 Å². The van der Waals surface area contributed by atoms with Gasteiger partial charge >= 0.3 is 0 Å². The highest BCUT2D eigenvalue weighted by Crippen LogP contribution is 2.39. The Morgan fingerprint density at radius 3 is 2.84 bits per heavy atom. The molecular weight excluding hydrogens is 314 g/mol. The number of hydrogen-bond donors (Lipinski definition) is 0. The predicted octanol–water partition coefficient (Wildman–Crippen LogP) is 2.93. The highest BCUT2D eigenvalue weighted by atomic mass is 16.6. The molecule has 0 radical (unpaired) electrons. The monoisotopic (exact) mass is 339 g/mol. The second-order valence-corrected chi connectivity index (χ2v) is 7.43. The first-order chi connectivity index (χ1) is 12.2. The largest absolute Gasteiger partial charge is 0.489 e. The Labute approximate surface area is 149 Å². The minimum Gasteiger partial charge on any atom is -0.489 e. The Morgan fingerprint density at radius 2 is 2.08 bits per heavy atom. The highest BCUT2D eigenvalue weighted by Gasteiger charge is 2.46. The molecule has 0 N–H and O–H groups in total. The van der Waals surface area contributed by atoms with Gasteiger partial charge in [0.15, 0.2) is 0 Å². The number of aromatic nitrogens is 2. The van der Waals surface area contributed by atoms with Crippen LogP contribution < -0.4 is 4.74 Å². The summed E-state index contributed by atoms with van der Waals surface area (Å²) in [6, 6.07) is 7.99. The predicted molar refractivity (Wildman–Crippen MR) is 95.2 cm³/mol. The van der Waals surface area contributed by atoms with Gasteiger partial charge in [-0.3, -0.25) is 14.9 Å². The van der Waals surface area contributed by atoms with Crippen molar-refractivity contribution in [1.29, 1.82) is 0 Å². The molecule has 2 saturated heterocycles. The van der Waals surface area contributed by atoms with Crippen molar-refractivity contribution < 1.29 is 9.47 Å².